The molecule has 15 heteroatoms. The summed E-state index contributed by atoms with van der Waals surface area (Å²) in [4.78, 5) is 61.1. The number of nitrogens with zero attached hydrogens (tertiary/aromatic N) is 8. The number of piperidine rings is 2. The second kappa shape index (κ2) is 14.0. The quantitative estimate of drug-likeness (QED) is 0.235. The Bertz CT molecular complexity index is 2350. The Morgan fingerprint density at radius 1 is 1.08 bits per heavy atom. The topological polar surface area (TPSA) is 173 Å². The Balaban J connectivity index is 0.878. The van der Waals surface area contributed by atoms with Gasteiger partial charge in [0.2, 0.25) is 11.8 Å². The molecule has 1 saturated carbocycles. The van der Waals surface area contributed by atoms with Gasteiger partial charge in [0.1, 0.15) is 41.0 Å². The number of halogens is 1. The number of amides is 3. The predicted molar refractivity (Wildman–Crippen MR) is 193 cm³/mol. The van der Waals surface area contributed by atoms with Crippen LogP contribution in [0.2, 0.25) is 0 Å². The maximum Gasteiger partial charge on any atom is 0.329 e. The van der Waals surface area contributed by atoms with Crippen LogP contribution in [0.1, 0.15) is 84.7 Å². The molecule has 3 aliphatic rings. The number of anilines is 1. The fraction of sp³-hybridized carbons (Fsp3) is 0.421. The number of para-hydroxylation sites is 1. The number of hydrogen-bond donors (Lipinski definition) is 2. The normalized spacial score (nSPS) is 23.9. The van der Waals surface area contributed by atoms with Gasteiger partial charge in [0.05, 0.1) is 23.3 Å². The van der Waals surface area contributed by atoms with Crippen molar-refractivity contribution in [1.29, 1.82) is 5.26 Å². The van der Waals surface area contributed by atoms with Crippen molar-refractivity contribution in [2.45, 2.75) is 69.1 Å². The summed E-state index contributed by atoms with van der Waals surface area (Å²) in [6.45, 7) is 1.90. The molecule has 3 atom stereocenters. The fourth-order valence-electron chi connectivity index (χ4n) is 8.44. The second-order valence-electron chi connectivity index (χ2n) is 14.5. The van der Waals surface area contributed by atoms with E-state index < -0.39 is 24.0 Å². The summed E-state index contributed by atoms with van der Waals surface area (Å²) in [7, 11) is 1.66. The molecule has 2 N–H and O–H groups in total. The van der Waals surface area contributed by atoms with E-state index in [1.54, 1.807) is 37.5 Å². The third kappa shape index (κ3) is 6.59. The molecule has 3 fully saturated rings. The van der Waals surface area contributed by atoms with Gasteiger partial charge in [-0.25, -0.2) is 19.2 Å². The lowest BCUT2D eigenvalue weighted by Gasteiger charge is -2.38. The smallest absolute Gasteiger partial charge is 0.305 e. The summed E-state index contributed by atoms with van der Waals surface area (Å²) in [5.41, 5.74) is 2.68. The Morgan fingerprint density at radius 2 is 1.89 bits per heavy atom. The number of nitriles is 1. The summed E-state index contributed by atoms with van der Waals surface area (Å²) >= 11 is 0. The van der Waals surface area contributed by atoms with Gasteiger partial charge >= 0.3 is 5.69 Å². The van der Waals surface area contributed by atoms with Crippen molar-refractivity contribution in [3.8, 4) is 6.07 Å². The number of carbonyl (C=O) groups is 3. The molecule has 4 aromatic heterocycles. The first-order valence-electron chi connectivity index (χ1n) is 18.1. The first-order chi connectivity index (χ1) is 25.7. The molecule has 1 unspecified atom stereocenters. The number of nitrogens with one attached hydrogen (secondary N) is 2. The van der Waals surface area contributed by atoms with Crippen molar-refractivity contribution < 1.29 is 18.8 Å². The largest absolute Gasteiger partial charge is 0.329 e. The highest BCUT2D eigenvalue weighted by molar-refractivity contribution is 6.03. The Labute approximate surface area is 303 Å². The summed E-state index contributed by atoms with van der Waals surface area (Å²) in [6, 6.07) is 13.4. The fourth-order valence-corrected chi connectivity index (χ4v) is 8.44. The number of hydrogen-bond acceptors (Lipinski definition) is 9. The number of likely N-dealkylation sites (tertiary alicyclic amines) is 1. The zero-order valence-corrected chi connectivity index (χ0v) is 29.2. The molecular weight excluding hydrogens is 679 g/mol. The minimum Gasteiger partial charge on any atom is -0.305 e. The summed E-state index contributed by atoms with van der Waals surface area (Å²) in [5.74, 6) is -0.839. The van der Waals surface area contributed by atoms with Crippen LogP contribution in [0.25, 0.3) is 21.9 Å². The van der Waals surface area contributed by atoms with Gasteiger partial charge in [0.25, 0.3) is 5.91 Å². The first-order valence-corrected chi connectivity index (χ1v) is 18.1. The Morgan fingerprint density at radius 3 is 2.66 bits per heavy atom. The predicted octanol–water partition coefficient (Wildman–Crippen LogP) is 4.14. The van der Waals surface area contributed by atoms with Gasteiger partial charge in [-0.15, -0.1) is 0 Å². The van der Waals surface area contributed by atoms with E-state index in [2.05, 4.69) is 25.5 Å². The lowest BCUT2D eigenvalue weighted by atomic mass is 9.83. The highest BCUT2D eigenvalue weighted by atomic mass is 19.1. The molecule has 2 aliphatic heterocycles. The minimum atomic E-state index is -1.11. The summed E-state index contributed by atoms with van der Waals surface area (Å²) in [5, 5.41) is 19.8. The van der Waals surface area contributed by atoms with E-state index in [1.165, 1.54) is 15.2 Å². The zero-order valence-electron chi connectivity index (χ0n) is 29.2. The first kappa shape index (κ1) is 34.3. The molecule has 14 nitrogen and oxygen atoms in total. The third-order valence-corrected chi connectivity index (χ3v) is 11.1. The van der Waals surface area contributed by atoms with Crippen LogP contribution in [0, 0.1) is 17.2 Å². The van der Waals surface area contributed by atoms with Gasteiger partial charge < -0.3 is 10.2 Å². The monoisotopic (exact) mass is 718 g/mol. The Hall–Kier alpha value is -5.75. The van der Waals surface area contributed by atoms with Gasteiger partial charge in [0.15, 0.2) is 0 Å². The lowest BCUT2D eigenvalue weighted by molar-refractivity contribution is -0.135. The van der Waals surface area contributed by atoms with Crippen LogP contribution >= 0.6 is 0 Å². The van der Waals surface area contributed by atoms with Gasteiger partial charge in [-0.1, -0.05) is 18.2 Å². The number of carbonyl (C=O) groups excluding carboxylic acids is 3. The average Bonchev–Trinajstić information content (AvgIpc) is 3.70. The van der Waals surface area contributed by atoms with E-state index in [0.717, 1.165) is 55.2 Å². The molecule has 272 valence electrons. The maximum absolute atomic E-state index is 16.1. The lowest BCUT2D eigenvalue weighted by Crippen LogP contribution is -2.44. The number of aryl methyl sites for hydroxylation is 1. The van der Waals surface area contributed by atoms with Crippen LogP contribution < -0.4 is 16.3 Å². The van der Waals surface area contributed by atoms with Crippen LogP contribution in [0.15, 0.2) is 59.7 Å². The number of aromatic nitrogens is 6. The third-order valence-electron chi connectivity index (χ3n) is 11.1. The molecule has 2 saturated heterocycles. The molecule has 0 spiro atoms. The van der Waals surface area contributed by atoms with Crippen LogP contribution in [-0.4, -0.2) is 77.3 Å². The van der Waals surface area contributed by atoms with Crippen molar-refractivity contribution in [1.82, 2.24) is 39.1 Å². The highest BCUT2D eigenvalue weighted by Gasteiger charge is 2.36. The van der Waals surface area contributed by atoms with E-state index in [-0.39, 0.29) is 47.8 Å². The van der Waals surface area contributed by atoms with Crippen LogP contribution in [0.3, 0.4) is 0 Å². The van der Waals surface area contributed by atoms with Gasteiger partial charge in [-0.05, 0) is 80.8 Å². The number of rotatable bonds is 7. The SMILES string of the molecule is Cn1c(=O)n(C2CCC(=O)NC2=O)c2cccc([C@H]3CCN(CC4CCC(n5cc6cc(NC(=O)c7cccc(C#N)n7)ncc6n5)CC4)C[C@@H]3F)c21. The zero-order chi connectivity index (χ0) is 36.8. The molecule has 8 rings (SSSR count). The minimum absolute atomic E-state index is 0.134. The van der Waals surface area contributed by atoms with Crippen LogP contribution in [0.4, 0.5) is 10.2 Å². The average molecular weight is 719 g/mol. The van der Waals surface area contributed by atoms with Gasteiger partial charge in [0, 0.05) is 44.1 Å². The maximum atomic E-state index is 16.1. The van der Waals surface area contributed by atoms with E-state index in [9.17, 15) is 19.2 Å². The molecule has 5 aromatic rings. The summed E-state index contributed by atoms with van der Waals surface area (Å²) < 4.78 is 21.0. The number of imidazole rings is 1. The molecule has 1 aliphatic carbocycles. The molecule has 1 aromatic carbocycles. The van der Waals surface area contributed by atoms with E-state index in [4.69, 9.17) is 10.4 Å². The van der Waals surface area contributed by atoms with Crippen molar-refractivity contribution in [2.24, 2.45) is 13.0 Å². The molecule has 3 amide bonds. The molecule has 6 heterocycles. The number of benzene rings is 1. The van der Waals surface area contributed by atoms with Gasteiger partial charge in [-0.2, -0.15) is 10.4 Å². The highest BCUT2D eigenvalue weighted by Crippen LogP contribution is 2.38. The van der Waals surface area contributed by atoms with E-state index in [0.29, 0.717) is 35.7 Å². The number of imide groups is 1. The van der Waals surface area contributed by atoms with Crippen molar-refractivity contribution in [3.63, 3.8) is 0 Å². The van der Waals surface area contributed by atoms with Crippen LogP contribution in [-0.2, 0) is 16.6 Å². The van der Waals surface area contributed by atoms with Crippen molar-refractivity contribution >= 4 is 45.5 Å². The standard InChI is InChI=1S/C38H39FN10O4/c1-46-35-27(5-3-7-31(35)49(38(46)53)32-12-13-34(50)44-37(32)52)26-14-15-47(21-28(26)39)19-22-8-10-25(11-9-22)48-20-23-16-33(41-18-30(23)45-48)43-36(51)29-6-2-4-24(17-40)42-29/h2-7,16,18,20,22,25-26,28,32H,8-15,19,21H2,1H3,(H,43,51)(H,44,50,52)/t22?,25?,26-,28+,32?/m1/s1. The Kier molecular flexibility index (Phi) is 9.07. The van der Waals surface area contributed by atoms with Crippen LogP contribution in [0.5, 0.6) is 0 Å². The number of fused-ring (bicyclic) bond motifs is 2. The molecule has 53 heavy (non-hydrogen) atoms. The van der Waals surface area contributed by atoms with E-state index >= 15 is 4.39 Å². The molecular formula is C38H39FN10O4. The van der Waals surface area contributed by atoms with Crippen molar-refractivity contribution in [2.75, 3.05) is 25.0 Å². The molecule has 0 radical (unpaired) electrons. The number of pyridine rings is 2. The van der Waals surface area contributed by atoms with Crippen molar-refractivity contribution in [3.05, 3.63) is 82.3 Å². The van der Waals surface area contributed by atoms with Gasteiger partial charge in [-0.3, -0.25) is 33.5 Å². The molecule has 0 bridgehead atoms. The summed E-state index contributed by atoms with van der Waals surface area (Å²) in [6.07, 6.45) is 7.44. The van der Waals surface area contributed by atoms with E-state index in [1.807, 2.05) is 29.1 Å². The number of alkyl halides is 1. The second-order valence-corrected chi connectivity index (χ2v) is 14.5.